The lowest BCUT2D eigenvalue weighted by molar-refractivity contribution is 0.250. The third-order valence-corrected chi connectivity index (χ3v) is 3.46. The predicted molar refractivity (Wildman–Crippen MR) is 81.6 cm³/mol. The normalized spacial score (nSPS) is 13.0. The summed E-state index contributed by atoms with van der Waals surface area (Å²) in [6.07, 6.45) is 7.27. The van der Waals surface area contributed by atoms with Gasteiger partial charge in [0.25, 0.3) is 0 Å². The molecule has 2 aromatic heterocycles. The molecule has 20 heavy (non-hydrogen) atoms. The number of likely N-dealkylation sites (N-methyl/N-ethyl adjacent to an activating group) is 1. The molecule has 0 aliphatic rings. The van der Waals surface area contributed by atoms with Gasteiger partial charge in [-0.3, -0.25) is 4.90 Å². The van der Waals surface area contributed by atoms with E-state index in [-0.39, 0.29) is 6.04 Å². The summed E-state index contributed by atoms with van der Waals surface area (Å²) in [6, 6.07) is 6.42. The van der Waals surface area contributed by atoms with Crippen LogP contribution in [0.4, 0.5) is 0 Å². The highest BCUT2D eigenvalue weighted by atomic mass is 16.3. The molecule has 0 radical (unpaired) electrons. The highest BCUT2D eigenvalue weighted by molar-refractivity contribution is 5.10. The third-order valence-electron chi connectivity index (χ3n) is 3.46. The molecule has 0 spiro atoms. The molecule has 1 N–H and O–H groups in total. The SMILES string of the molecule is CCCn1ccc(CNCC(c2ccco2)N(C)C)c1. The Bertz CT molecular complexity index is 488. The molecule has 0 amide bonds. The molecule has 4 nitrogen and oxygen atoms in total. The molecule has 0 aromatic carbocycles. The minimum absolute atomic E-state index is 0.266. The van der Waals surface area contributed by atoms with Crippen LogP contribution in [-0.2, 0) is 13.1 Å². The summed E-state index contributed by atoms with van der Waals surface area (Å²) in [6.45, 7) is 5.05. The van der Waals surface area contributed by atoms with Gasteiger partial charge in [-0.15, -0.1) is 0 Å². The van der Waals surface area contributed by atoms with Gasteiger partial charge in [-0.05, 0) is 44.3 Å². The Hall–Kier alpha value is -1.52. The lowest BCUT2D eigenvalue weighted by Crippen LogP contribution is -2.30. The van der Waals surface area contributed by atoms with Crippen molar-refractivity contribution in [3.8, 4) is 0 Å². The first kappa shape index (κ1) is 14.9. The molecule has 0 aliphatic carbocycles. The van der Waals surface area contributed by atoms with E-state index in [0.717, 1.165) is 25.4 Å². The van der Waals surface area contributed by atoms with Gasteiger partial charge in [0.05, 0.1) is 12.3 Å². The number of furan rings is 1. The molecule has 1 unspecified atom stereocenters. The van der Waals surface area contributed by atoms with Crippen molar-refractivity contribution in [1.82, 2.24) is 14.8 Å². The van der Waals surface area contributed by atoms with E-state index in [2.05, 4.69) is 54.3 Å². The Morgan fingerprint density at radius 2 is 2.20 bits per heavy atom. The Morgan fingerprint density at radius 1 is 1.35 bits per heavy atom. The Kier molecular flexibility index (Phi) is 5.44. The molecule has 0 aliphatic heterocycles. The largest absolute Gasteiger partial charge is 0.468 e. The average Bonchev–Trinajstić information content (AvgIpc) is 3.06. The summed E-state index contributed by atoms with van der Waals surface area (Å²) in [5.74, 6) is 1.01. The van der Waals surface area contributed by atoms with Crippen LogP contribution < -0.4 is 5.32 Å². The summed E-state index contributed by atoms with van der Waals surface area (Å²) in [4.78, 5) is 2.17. The van der Waals surface area contributed by atoms with Gasteiger partial charge in [0.15, 0.2) is 0 Å². The third kappa shape index (κ3) is 3.99. The van der Waals surface area contributed by atoms with Gasteiger partial charge in [-0.1, -0.05) is 6.92 Å². The maximum atomic E-state index is 5.51. The van der Waals surface area contributed by atoms with Crippen LogP contribution >= 0.6 is 0 Å². The van der Waals surface area contributed by atoms with E-state index in [9.17, 15) is 0 Å². The number of rotatable bonds is 8. The molecule has 1 atom stereocenters. The van der Waals surface area contributed by atoms with E-state index in [0.29, 0.717) is 0 Å². The van der Waals surface area contributed by atoms with Crippen LogP contribution in [0, 0.1) is 0 Å². The first-order valence-electron chi connectivity index (χ1n) is 7.26. The van der Waals surface area contributed by atoms with Crippen molar-refractivity contribution in [1.29, 1.82) is 0 Å². The van der Waals surface area contributed by atoms with E-state index >= 15 is 0 Å². The summed E-state index contributed by atoms with van der Waals surface area (Å²) in [5, 5.41) is 3.51. The van der Waals surface area contributed by atoms with Gasteiger partial charge in [0.1, 0.15) is 5.76 Å². The molecular formula is C16H25N3O. The standard InChI is InChI=1S/C16H25N3O/c1-4-8-19-9-7-14(13-19)11-17-12-15(18(2)3)16-6-5-10-20-16/h5-7,9-10,13,15,17H,4,8,11-12H2,1-3H3. The van der Waals surface area contributed by atoms with Crippen molar-refractivity contribution in [3.63, 3.8) is 0 Å². The number of hydrogen-bond acceptors (Lipinski definition) is 3. The molecule has 110 valence electrons. The second kappa shape index (κ2) is 7.31. The number of aryl methyl sites for hydroxylation is 1. The number of hydrogen-bond donors (Lipinski definition) is 1. The van der Waals surface area contributed by atoms with Crippen LogP contribution in [0.3, 0.4) is 0 Å². The number of nitrogens with zero attached hydrogens (tertiary/aromatic N) is 2. The van der Waals surface area contributed by atoms with Crippen LogP contribution in [0.1, 0.15) is 30.7 Å². The summed E-state index contributed by atoms with van der Waals surface area (Å²) < 4.78 is 7.75. The van der Waals surface area contributed by atoms with E-state index < -0.39 is 0 Å². The van der Waals surface area contributed by atoms with E-state index in [4.69, 9.17) is 4.42 Å². The lowest BCUT2D eigenvalue weighted by Gasteiger charge is -2.22. The predicted octanol–water partition coefficient (Wildman–Crippen LogP) is 2.88. The topological polar surface area (TPSA) is 33.3 Å². The summed E-state index contributed by atoms with van der Waals surface area (Å²) in [7, 11) is 4.15. The van der Waals surface area contributed by atoms with E-state index in [1.807, 2.05) is 12.1 Å². The van der Waals surface area contributed by atoms with Crippen LogP contribution in [0.5, 0.6) is 0 Å². The quantitative estimate of drug-likeness (QED) is 0.804. The zero-order valence-electron chi connectivity index (χ0n) is 12.7. The fourth-order valence-electron chi connectivity index (χ4n) is 2.36. The fourth-order valence-corrected chi connectivity index (χ4v) is 2.36. The Labute approximate surface area is 121 Å². The smallest absolute Gasteiger partial charge is 0.122 e. The van der Waals surface area contributed by atoms with Gasteiger partial charge < -0.3 is 14.3 Å². The fraction of sp³-hybridized carbons (Fsp3) is 0.500. The van der Waals surface area contributed by atoms with E-state index in [1.165, 1.54) is 12.0 Å². The van der Waals surface area contributed by atoms with Crippen molar-refractivity contribution in [2.45, 2.75) is 32.5 Å². The first-order chi connectivity index (χ1) is 9.70. The van der Waals surface area contributed by atoms with Gasteiger partial charge >= 0.3 is 0 Å². The van der Waals surface area contributed by atoms with Crippen molar-refractivity contribution >= 4 is 0 Å². The zero-order chi connectivity index (χ0) is 14.4. The summed E-state index contributed by atoms with van der Waals surface area (Å²) >= 11 is 0. The molecule has 0 saturated heterocycles. The second-order valence-corrected chi connectivity index (χ2v) is 5.38. The Morgan fingerprint density at radius 3 is 2.85 bits per heavy atom. The van der Waals surface area contributed by atoms with Gasteiger partial charge in [0.2, 0.25) is 0 Å². The molecule has 4 heteroatoms. The molecule has 2 rings (SSSR count). The van der Waals surface area contributed by atoms with Crippen LogP contribution in [0.2, 0.25) is 0 Å². The van der Waals surface area contributed by atoms with Crippen molar-refractivity contribution in [2.75, 3.05) is 20.6 Å². The first-order valence-corrected chi connectivity index (χ1v) is 7.26. The van der Waals surface area contributed by atoms with Crippen molar-refractivity contribution in [2.24, 2.45) is 0 Å². The molecule has 2 aromatic rings. The van der Waals surface area contributed by atoms with Crippen LogP contribution in [-0.4, -0.2) is 30.1 Å². The molecule has 0 saturated carbocycles. The molecule has 2 heterocycles. The number of aromatic nitrogens is 1. The Balaban J connectivity index is 1.84. The highest BCUT2D eigenvalue weighted by Gasteiger charge is 2.16. The van der Waals surface area contributed by atoms with Crippen LogP contribution in [0.15, 0.2) is 41.3 Å². The van der Waals surface area contributed by atoms with Crippen molar-refractivity contribution < 1.29 is 4.42 Å². The minimum atomic E-state index is 0.266. The zero-order valence-corrected chi connectivity index (χ0v) is 12.7. The van der Waals surface area contributed by atoms with Gasteiger partial charge in [-0.25, -0.2) is 0 Å². The average molecular weight is 275 g/mol. The minimum Gasteiger partial charge on any atom is -0.468 e. The monoisotopic (exact) mass is 275 g/mol. The maximum absolute atomic E-state index is 5.51. The highest BCUT2D eigenvalue weighted by Crippen LogP contribution is 2.17. The van der Waals surface area contributed by atoms with Gasteiger partial charge in [0, 0.05) is 32.0 Å². The van der Waals surface area contributed by atoms with Gasteiger partial charge in [-0.2, -0.15) is 0 Å². The van der Waals surface area contributed by atoms with E-state index in [1.54, 1.807) is 6.26 Å². The number of nitrogens with one attached hydrogen (secondary N) is 1. The second-order valence-electron chi connectivity index (χ2n) is 5.38. The molecule has 0 fully saturated rings. The van der Waals surface area contributed by atoms with Crippen LogP contribution in [0.25, 0.3) is 0 Å². The lowest BCUT2D eigenvalue weighted by atomic mass is 10.2. The maximum Gasteiger partial charge on any atom is 0.122 e. The molecule has 0 bridgehead atoms. The summed E-state index contributed by atoms with van der Waals surface area (Å²) in [5.41, 5.74) is 1.33. The molecular weight excluding hydrogens is 250 g/mol. The van der Waals surface area contributed by atoms with Crippen molar-refractivity contribution in [3.05, 3.63) is 48.2 Å².